The van der Waals surface area contributed by atoms with Gasteiger partial charge in [-0.15, -0.1) is 0 Å². The van der Waals surface area contributed by atoms with Gasteiger partial charge in [0.15, 0.2) is 0 Å². The molecule has 1 aliphatic heterocycles. The lowest BCUT2D eigenvalue weighted by Gasteiger charge is -2.18. The van der Waals surface area contributed by atoms with E-state index in [0.29, 0.717) is 23.2 Å². The number of nitrogen functional groups attached to an aromatic ring is 1. The Morgan fingerprint density at radius 3 is 3.11 bits per heavy atom. The molecule has 1 unspecified atom stereocenters. The number of carbonyl (C=O) groups excluding carboxylic acids is 1. The van der Waals surface area contributed by atoms with Gasteiger partial charge < -0.3 is 16.0 Å². The lowest BCUT2D eigenvalue weighted by Crippen LogP contribution is -2.32. The SMILES string of the molecule is CC(C)CN1CCC(CNC(=O)c2csnc2N)C1. The van der Waals surface area contributed by atoms with Crippen molar-refractivity contribution in [1.82, 2.24) is 14.6 Å². The molecule has 1 aliphatic rings. The van der Waals surface area contributed by atoms with Gasteiger partial charge in [0.25, 0.3) is 5.91 Å². The third kappa shape index (κ3) is 3.91. The molecule has 0 aliphatic carbocycles. The summed E-state index contributed by atoms with van der Waals surface area (Å²) in [4.78, 5) is 14.4. The van der Waals surface area contributed by atoms with Crippen LogP contribution in [0, 0.1) is 11.8 Å². The highest BCUT2D eigenvalue weighted by molar-refractivity contribution is 7.04. The smallest absolute Gasteiger partial charge is 0.255 e. The minimum atomic E-state index is -0.103. The molecule has 0 spiro atoms. The molecule has 3 N–H and O–H groups in total. The van der Waals surface area contributed by atoms with Gasteiger partial charge in [0.2, 0.25) is 0 Å². The summed E-state index contributed by atoms with van der Waals surface area (Å²) in [6, 6.07) is 0. The number of likely N-dealkylation sites (tertiary alicyclic amines) is 1. The highest BCUT2D eigenvalue weighted by atomic mass is 32.1. The molecule has 106 valence electrons. The van der Waals surface area contributed by atoms with Crippen LogP contribution in [-0.4, -0.2) is 41.4 Å². The summed E-state index contributed by atoms with van der Waals surface area (Å²) in [7, 11) is 0. The van der Waals surface area contributed by atoms with Gasteiger partial charge in [0.1, 0.15) is 5.82 Å². The van der Waals surface area contributed by atoms with Gasteiger partial charge >= 0.3 is 0 Å². The topological polar surface area (TPSA) is 71.2 Å². The standard InChI is InChI=1S/C13H22N4OS/c1-9(2)6-17-4-3-10(7-17)5-15-13(18)11-8-19-16-12(11)14/h8-10H,3-7H2,1-2H3,(H2,14,16)(H,15,18). The van der Waals surface area contributed by atoms with Crippen LogP contribution in [-0.2, 0) is 0 Å². The number of rotatable bonds is 5. The minimum Gasteiger partial charge on any atom is -0.382 e. The molecule has 0 radical (unpaired) electrons. The van der Waals surface area contributed by atoms with Crippen LogP contribution in [0.15, 0.2) is 5.38 Å². The number of aromatic nitrogens is 1. The van der Waals surface area contributed by atoms with Crippen LogP contribution in [0.3, 0.4) is 0 Å². The Bertz CT molecular complexity index is 432. The zero-order valence-corrected chi connectivity index (χ0v) is 12.4. The van der Waals surface area contributed by atoms with E-state index in [1.165, 1.54) is 11.5 Å². The zero-order chi connectivity index (χ0) is 13.8. The van der Waals surface area contributed by atoms with E-state index in [1.54, 1.807) is 5.38 Å². The van der Waals surface area contributed by atoms with E-state index >= 15 is 0 Å². The summed E-state index contributed by atoms with van der Waals surface area (Å²) < 4.78 is 3.91. The minimum absolute atomic E-state index is 0.103. The summed E-state index contributed by atoms with van der Waals surface area (Å²) in [6.07, 6.45) is 1.16. The van der Waals surface area contributed by atoms with Gasteiger partial charge in [-0.25, -0.2) is 0 Å². The Kier molecular flexibility index (Phi) is 4.76. The first-order valence-corrected chi connectivity index (χ1v) is 7.60. The lowest BCUT2D eigenvalue weighted by molar-refractivity contribution is 0.0948. The Morgan fingerprint density at radius 1 is 1.68 bits per heavy atom. The van der Waals surface area contributed by atoms with Crippen molar-refractivity contribution in [2.24, 2.45) is 11.8 Å². The lowest BCUT2D eigenvalue weighted by atomic mass is 10.1. The molecule has 1 amide bonds. The van der Waals surface area contributed by atoms with Crippen LogP contribution in [0.1, 0.15) is 30.6 Å². The summed E-state index contributed by atoms with van der Waals surface area (Å²) in [5.41, 5.74) is 6.13. The Morgan fingerprint density at radius 2 is 2.47 bits per heavy atom. The van der Waals surface area contributed by atoms with E-state index in [-0.39, 0.29) is 5.91 Å². The third-order valence-electron chi connectivity index (χ3n) is 3.39. The fourth-order valence-corrected chi connectivity index (χ4v) is 3.11. The van der Waals surface area contributed by atoms with Crippen molar-refractivity contribution in [3.05, 3.63) is 10.9 Å². The predicted octanol–water partition coefficient (Wildman–Crippen LogP) is 1.43. The van der Waals surface area contributed by atoms with Crippen LogP contribution in [0.25, 0.3) is 0 Å². The summed E-state index contributed by atoms with van der Waals surface area (Å²) in [5.74, 6) is 1.48. The molecule has 1 aromatic rings. The molecule has 0 saturated carbocycles. The van der Waals surface area contributed by atoms with Crippen LogP contribution in [0.2, 0.25) is 0 Å². The fraction of sp³-hybridized carbons (Fsp3) is 0.692. The fourth-order valence-electron chi connectivity index (χ4n) is 2.51. The Labute approximate surface area is 118 Å². The number of nitrogens with two attached hydrogens (primary N) is 1. The van der Waals surface area contributed by atoms with Crippen molar-refractivity contribution < 1.29 is 4.79 Å². The second-order valence-corrected chi connectivity index (χ2v) is 6.26. The maximum Gasteiger partial charge on any atom is 0.255 e. The van der Waals surface area contributed by atoms with Crippen molar-refractivity contribution >= 4 is 23.3 Å². The molecule has 19 heavy (non-hydrogen) atoms. The van der Waals surface area contributed by atoms with Gasteiger partial charge in [-0.2, -0.15) is 4.37 Å². The van der Waals surface area contributed by atoms with Crippen LogP contribution >= 0.6 is 11.5 Å². The number of anilines is 1. The number of hydrogen-bond acceptors (Lipinski definition) is 5. The molecule has 5 nitrogen and oxygen atoms in total. The van der Waals surface area contributed by atoms with Gasteiger partial charge in [-0.3, -0.25) is 4.79 Å². The van der Waals surface area contributed by atoms with Gasteiger partial charge in [-0.05, 0) is 36.3 Å². The first-order valence-electron chi connectivity index (χ1n) is 6.76. The summed E-state index contributed by atoms with van der Waals surface area (Å²) >= 11 is 1.22. The molecular formula is C13H22N4OS. The summed E-state index contributed by atoms with van der Waals surface area (Å²) in [6.45, 7) is 8.56. The average molecular weight is 282 g/mol. The van der Waals surface area contributed by atoms with Crippen LogP contribution < -0.4 is 11.1 Å². The first-order chi connectivity index (χ1) is 9.06. The second kappa shape index (κ2) is 6.34. The first kappa shape index (κ1) is 14.3. The van der Waals surface area contributed by atoms with Gasteiger partial charge in [-0.1, -0.05) is 13.8 Å². The van der Waals surface area contributed by atoms with E-state index in [2.05, 4.69) is 28.4 Å². The third-order valence-corrected chi connectivity index (χ3v) is 4.03. The molecule has 2 heterocycles. The van der Waals surface area contributed by atoms with Gasteiger partial charge in [0.05, 0.1) is 5.56 Å². The van der Waals surface area contributed by atoms with E-state index in [0.717, 1.165) is 32.6 Å². The molecule has 1 saturated heterocycles. The average Bonchev–Trinajstić information content (AvgIpc) is 2.94. The Hall–Kier alpha value is -1.14. The van der Waals surface area contributed by atoms with Crippen molar-refractivity contribution in [2.75, 3.05) is 31.9 Å². The predicted molar refractivity (Wildman–Crippen MR) is 78.2 cm³/mol. The van der Waals surface area contributed by atoms with Crippen LogP contribution in [0.4, 0.5) is 5.82 Å². The highest BCUT2D eigenvalue weighted by Crippen LogP contribution is 2.17. The number of nitrogens with one attached hydrogen (secondary N) is 1. The maximum atomic E-state index is 11.9. The van der Waals surface area contributed by atoms with E-state index in [1.807, 2.05) is 0 Å². The zero-order valence-electron chi connectivity index (χ0n) is 11.6. The second-order valence-electron chi connectivity index (χ2n) is 5.63. The molecule has 0 aromatic carbocycles. The van der Waals surface area contributed by atoms with E-state index in [4.69, 9.17) is 5.73 Å². The molecule has 0 bridgehead atoms. The van der Waals surface area contributed by atoms with Crippen molar-refractivity contribution in [1.29, 1.82) is 0 Å². The number of hydrogen-bond donors (Lipinski definition) is 2. The maximum absolute atomic E-state index is 11.9. The van der Waals surface area contributed by atoms with Crippen molar-refractivity contribution in [2.45, 2.75) is 20.3 Å². The molecule has 1 atom stereocenters. The molecular weight excluding hydrogens is 260 g/mol. The van der Waals surface area contributed by atoms with Crippen molar-refractivity contribution in [3.63, 3.8) is 0 Å². The van der Waals surface area contributed by atoms with Crippen molar-refractivity contribution in [3.8, 4) is 0 Å². The van der Waals surface area contributed by atoms with Crippen LogP contribution in [0.5, 0.6) is 0 Å². The number of carbonyl (C=O) groups is 1. The normalized spacial score (nSPS) is 20.1. The quantitative estimate of drug-likeness (QED) is 0.857. The monoisotopic (exact) mass is 282 g/mol. The molecule has 1 aromatic heterocycles. The molecule has 2 rings (SSSR count). The summed E-state index contributed by atoms with van der Waals surface area (Å²) in [5, 5.41) is 4.66. The Balaban J connectivity index is 1.75. The number of nitrogens with zero attached hydrogens (tertiary/aromatic N) is 2. The number of amides is 1. The highest BCUT2D eigenvalue weighted by Gasteiger charge is 2.23. The largest absolute Gasteiger partial charge is 0.382 e. The molecule has 6 heteroatoms. The molecule has 1 fully saturated rings. The van der Waals surface area contributed by atoms with E-state index < -0.39 is 0 Å². The van der Waals surface area contributed by atoms with Gasteiger partial charge in [0, 0.05) is 25.0 Å². The van der Waals surface area contributed by atoms with E-state index in [9.17, 15) is 4.79 Å².